The van der Waals surface area contributed by atoms with Gasteiger partial charge in [-0.2, -0.15) is 0 Å². The van der Waals surface area contributed by atoms with Crippen LogP contribution in [0, 0.1) is 0 Å². The normalized spacial score (nSPS) is 12.3. The van der Waals surface area contributed by atoms with Crippen molar-refractivity contribution in [3.8, 4) is 0 Å². The van der Waals surface area contributed by atoms with Gasteiger partial charge >= 0.3 is 0 Å². The predicted octanol–water partition coefficient (Wildman–Crippen LogP) is 4.04. The molecule has 2 aromatic rings. The minimum Gasteiger partial charge on any atom is -0.350 e. The molecule has 0 saturated heterocycles. The molecule has 0 fully saturated rings. The van der Waals surface area contributed by atoms with Crippen LogP contribution in [0.1, 0.15) is 38.8 Å². The highest BCUT2D eigenvalue weighted by molar-refractivity contribution is 5.84. The Kier molecular flexibility index (Phi) is 2.57. The van der Waals surface area contributed by atoms with Crippen LogP contribution < -0.4 is 0 Å². The fraction of sp³-hybridized carbons (Fsp3) is 0.467. The number of rotatable bonds is 1. The molecule has 0 N–H and O–H groups in total. The molecule has 1 heterocycles. The van der Waals surface area contributed by atoms with Gasteiger partial charge < -0.3 is 4.57 Å². The number of fused-ring (bicyclic) bond motifs is 1. The first-order valence-electron chi connectivity index (χ1n) is 6.02. The van der Waals surface area contributed by atoms with E-state index in [9.17, 15) is 0 Å². The third-order valence-corrected chi connectivity index (χ3v) is 3.32. The molecule has 86 valence electrons. The van der Waals surface area contributed by atoms with Gasteiger partial charge in [-0.25, -0.2) is 0 Å². The summed E-state index contributed by atoms with van der Waals surface area (Å²) in [5.41, 5.74) is 4.43. The highest BCUT2D eigenvalue weighted by Crippen LogP contribution is 2.28. The highest BCUT2D eigenvalue weighted by atomic mass is 14.9. The monoisotopic (exact) mass is 215 g/mol. The minimum absolute atomic E-state index is 0.227. The Hall–Kier alpha value is -1.24. The van der Waals surface area contributed by atoms with Gasteiger partial charge in [0.1, 0.15) is 0 Å². The Balaban J connectivity index is 2.67. The van der Waals surface area contributed by atoms with Crippen molar-refractivity contribution in [3.05, 3.63) is 35.5 Å². The lowest BCUT2D eigenvalue weighted by Crippen LogP contribution is -2.10. The molecular formula is C15H21N. The average molecular weight is 215 g/mol. The van der Waals surface area contributed by atoms with E-state index in [0.717, 1.165) is 6.42 Å². The molecule has 0 saturated carbocycles. The Labute approximate surface area is 98.1 Å². The molecule has 1 aromatic heterocycles. The molecule has 1 aromatic carbocycles. The second-order valence-electron chi connectivity index (χ2n) is 5.60. The van der Waals surface area contributed by atoms with Crippen LogP contribution in [0.2, 0.25) is 0 Å². The number of aromatic nitrogens is 1. The van der Waals surface area contributed by atoms with Gasteiger partial charge in [0.15, 0.2) is 0 Å². The van der Waals surface area contributed by atoms with E-state index in [0.29, 0.717) is 0 Å². The van der Waals surface area contributed by atoms with Crippen molar-refractivity contribution in [2.45, 2.75) is 39.5 Å². The molecule has 0 radical (unpaired) electrons. The Bertz CT molecular complexity index is 512. The van der Waals surface area contributed by atoms with Gasteiger partial charge in [0.2, 0.25) is 0 Å². The van der Waals surface area contributed by atoms with Crippen molar-refractivity contribution < 1.29 is 0 Å². The molecule has 2 rings (SSSR count). The maximum atomic E-state index is 2.33. The molecule has 0 unspecified atom stereocenters. The van der Waals surface area contributed by atoms with Crippen molar-refractivity contribution in [2.75, 3.05) is 0 Å². The Morgan fingerprint density at radius 2 is 1.88 bits per heavy atom. The van der Waals surface area contributed by atoms with Crippen LogP contribution in [-0.4, -0.2) is 4.57 Å². The average Bonchev–Trinajstić information content (AvgIpc) is 2.54. The summed E-state index contributed by atoms with van der Waals surface area (Å²) >= 11 is 0. The van der Waals surface area contributed by atoms with Crippen molar-refractivity contribution in [1.29, 1.82) is 0 Å². The van der Waals surface area contributed by atoms with Crippen LogP contribution in [0.25, 0.3) is 10.9 Å². The van der Waals surface area contributed by atoms with Crippen molar-refractivity contribution in [1.82, 2.24) is 4.57 Å². The molecule has 0 spiro atoms. The number of benzene rings is 1. The fourth-order valence-corrected chi connectivity index (χ4v) is 2.22. The lowest BCUT2D eigenvalue weighted by Gasteiger charge is -2.19. The van der Waals surface area contributed by atoms with E-state index in [1.54, 1.807) is 0 Å². The Morgan fingerprint density at radius 1 is 1.19 bits per heavy atom. The maximum absolute atomic E-state index is 2.33. The summed E-state index contributed by atoms with van der Waals surface area (Å²) in [4.78, 5) is 0. The number of aryl methyl sites for hydroxylation is 2. The largest absolute Gasteiger partial charge is 0.350 e. The van der Waals surface area contributed by atoms with Gasteiger partial charge in [0.25, 0.3) is 0 Å². The van der Waals surface area contributed by atoms with Crippen LogP contribution >= 0.6 is 0 Å². The predicted molar refractivity (Wildman–Crippen MR) is 71.0 cm³/mol. The van der Waals surface area contributed by atoms with Gasteiger partial charge in [0.05, 0.1) is 0 Å². The molecule has 0 aliphatic rings. The third kappa shape index (κ3) is 1.75. The number of nitrogens with zero attached hydrogens (tertiary/aromatic N) is 1. The first-order chi connectivity index (χ1) is 7.43. The van der Waals surface area contributed by atoms with E-state index < -0.39 is 0 Å². The van der Waals surface area contributed by atoms with Crippen LogP contribution in [-0.2, 0) is 18.9 Å². The fourth-order valence-electron chi connectivity index (χ4n) is 2.22. The highest BCUT2D eigenvalue weighted by Gasteiger charge is 2.15. The maximum Gasteiger partial charge on any atom is 0.0483 e. The SMILES string of the molecule is CCc1cn(C)c2cc(C(C)(C)C)ccc12. The molecule has 16 heavy (non-hydrogen) atoms. The zero-order chi connectivity index (χ0) is 11.9. The topological polar surface area (TPSA) is 4.93 Å². The summed E-state index contributed by atoms with van der Waals surface area (Å²) in [6.45, 7) is 9.00. The zero-order valence-corrected chi connectivity index (χ0v) is 11.0. The molecule has 0 aliphatic carbocycles. The van der Waals surface area contributed by atoms with Crippen molar-refractivity contribution in [3.63, 3.8) is 0 Å². The molecule has 0 atom stereocenters. The van der Waals surface area contributed by atoms with Crippen LogP contribution in [0.3, 0.4) is 0 Å². The molecule has 0 bridgehead atoms. The van der Waals surface area contributed by atoms with E-state index in [2.05, 4.69) is 63.7 Å². The summed E-state index contributed by atoms with van der Waals surface area (Å²) in [6, 6.07) is 6.87. The van der Waals surface area contributed by atoms with Crippen LogP contribution in [0.5, 0.6) is 0 Å². The van der Waals surface area contributed by atoms with E-state index in [-0.39, 0.29) is 5.41 Å². The van der Waals surface area contributed by atoms with E-state index in [1.807, 2.05) is 0 Å². The van der Waals surface area contributed by atoms with Crippen LogP contribution in [0.4, 0.5) is 0 Å². The van der Waals surface area contributed by atoms with Gasteiger partial charge in [0, 0.05) is 24.1 Å². The first-order valence-corrected chi connectivity index (χ1v) is 6.02. The molecular weight excluding hydrogens is 194 g/mol. The summed E-state index contributed by atoms with van der Waals surface area (Å²) < 4.78 is 2.24. The van der Waals surface area contributed by atoms with E-state index in [4.69, 9.17) is 0 Å². The standard InChI is InChI=1S/C15H21N/c1-6-11-10-16(5)14-9-12(15(2,3)4)7-8-13(11)14/h7-10H,6H2,1-5H3. The smallest absolute Gasteiger partial charge is 0.0483 e. The Morgan fingerprint density at radius 3 is 2.44 bits per heavy atom. The number of hydrogen-bond donors (Lipinski definition) is 0. The summed E-state index contributed by atoms with van der Waals surface area (Å²) in [6.07, 6.45) is 3.35. The van der Waals surface area contributed by atoms with Gasteiger partial charge in [-0.05, 0) is 29.0 Å². The minimum atomic E-state index is 0.227. The lowest BCUT2D eigenvalue weighted by atomic mass is 9.86. The summed E-state index contributed by atoms with van der Waals surface area (Å²) in [5, 5.41) is 1.40. The third-order valence-electron chi connectivity index (χ3n) is 3.32. The number of hydrogen-bond acceptors (Lipinski definition) is 0. The van der Waals surface area contributed by atoms with E-state index in [1.165, 1.54) is 22.0 Å². The quantitative estimate of drug-likeness (QED) is 0.676. The second-order valence-corrected chi connectivity index (χ2v) is 5.60. The van der Waals surface area contributed by atoms with E-state index >= 15 is 0 Å². The lowest BCUT2D eigenvalue weighted by molar-refractivity contribution is 0.591. The molecule has 1 heteroatoms. The summed E-state index contributed by atoms with van der Waals surface area (Å²) in [7, 11) is 2.13. The van der Waals surface area contributed by atoms with Crippen LogP contribution in [0.15, 0.2) is 24.4 Å². The van der Waals surface area contributed by atoms with Gasteiger partial charge in [-0.3, -0.25) is 0 Å². The zero-order valence-electron chi connectivity index (χ0n) is 11.0. The molecule has 0 amide bonds. The second kappa shape index (κ2) is 3.65. The molecule has 1 nitrogen and oxygen atoms in total. The van der Waals surface area contributed by atoms with Crippen molar-refractivity contribution >= 4 is 10.9 Å². The van der Waals surface area contributed by atoms with Gasteiger partial charge in [-0.15, -0.1) is 0 Å². The molecule has 0 aliphatic heterocycles. The summed E-state index contributed by atoms with van der Waals surface area (Å²) in [5.74, 6) is 0. The first kappa shape index (κ1) is 11.3. The van der Waals surface area contributed by atoms with Crippen molar-refractivity contribution in [2.24, 2.45) is 7.05 Å². The van der Waals surface area contributed by atoms with Gasteiger partial charge in [-0.1, -0.05) is 39.8 Å².